The van der Waals surface area contributed by atoms with E-state index in [0.29, 0.717) is 6.42 Å². The van der Waals surface area contributed by atoms with E-state index in [0.717, 1.165) is 35.1 Å². The first kappa shape index (κ1) is 17.0. The van der Waals surface area contributed by atoms with E-state index in [-0.39, 0.29) is 11.9 Å². The molecular formula is C19H22N4O2. The standard InChI is InChI=1S/C19H22N4O2/c1-14(8-9-23-13-20-12-21-23)22-19(24)10-16-5-3-4-15-6-7-17(25-2)11-18(15)16/h3-7,11-14H,8-10H2,1-2H3,(H,22,24)/t14-/m1/s1. The highest BCUT2D eigenvalue weighted by Crippen LogP contribution is 2.24. The number of nitrogens with zero attached hydrogens (tertiary/aromatic N) is 3. The number of methoxy groups -OCH3 is 1. The van der Waals surface area contributed by atoms with E-state index >= 15 is 0 Å². The van der Waals surface area contributed by atoms with Gasteiger partial charge in [0.25, 0.3) is 0 Å². The first-order valence-electron chi connectivity index (χ1n) is 8.33. The molecule has 0 aliphatic heterocycles. The second-order valence-corrected chi connectivity index (χ2v) is 6.10. The Morgan fingerprint density at radius 1 is 1.32 bits per heavy atom. The molecule has 3 rings (SSSR count). The van der Waals surface area contributed by atoms with Gasteiger partial charge >= 0.3 is 0 Å². The van der Waals surface area contributed by atoms with Gasteiger partial charge in [0.05, 0.1) is 13.5 Å². The highest BCUT2D eigenvalue weighted by molar-refractivity contribution is 5.91. The molecule has 0 bridgehead atoms. The van der Waals surface area contributed by atoms with E-state index in [1.165, 1.54) is 6.33 Å². The van der Waals surface area contributed by atoms with Crippen LogP contribution < -0.4 is 10.1 Å². The van der Waals surface area contributed by atoms with Crippen LogP contribution in [0.25, 0.3) is 10.8 Å². The van der Waals surface area contributed by atoms with Gasteiger partial charge in [-0.25, -0.2) is 4.98 Å². The molecule has 1 amide bonds. The zero-order chi connectivity index (χ0) is 17.6. The van der Waals surface area contributed by atoms with Crippen LogP contribution in [0.1, 0.15) is 18.9 Å². The Morgan fingerprint density at radius 2 is 2.20 bits per heavy atom. The lowest BCUT2D eigenvalue weighted by atomic mass is 10.0. The Morgan fingerprint density at radius 3 is 2.96 bits per heavy atom. The highest BCUT2D eigenvalue weighted by atomic mass is 16.5. The molecule has 0 saturated heterocycles. The molecule has 130 valence electrons. The van der Waals surface area contributed by atoms with Crippen molar-refractivity contribution in [1.29, 1.82) is 0 Å². The number of nitrogens with one attached hydrogen (secondary N) is 1. The zero-order valence-electron chi connectivity index (χ0n) is 14.5. The third-order valence-electron chi connectivity index (χ3n) is 4.20. The molecule has 0 aliphatic rings. The maximum absolute atomic E-state index is 12.4. The van der Waals surface area contributed by atoms with Crippen molar-refractivity contribution in [3.63, 3.8) is 0 Å². The predicted octanol–water partition coefficient (Wildman–Crippen LogP) is 2.58. The van der Waals surface area contributed by atoms with Crippen molar-refractivity contribution in [2.75, 3.05) is 7.11 Å². The molecule has 6 heteroatoms. The first-order chi connectivity index (χ1) is 12.2. The van der Waals surface area contributed by atoms with Crippen LogP contribution in [0, 0.1) is 0 Å². The smallest absolute Gasteiger partial charge is 0.224 e. The van der Waals surface area contributed by atoms with Crippen molar-refractivity contribution in [3.8, 4) is 5.75 Å². The van der Waals surface area contributed by atoms with Crippen LogP contribution >= 0.6 is 0 Å². The van der Waals surface area contributed by atoms with Crippen molar-refractivity contribution >= 4 is 16.7 Å². The van der Waals surface area contributed by atoms with E-state index in [1.54, 1.807) is 18.1 Å². The maximum Gasteiger partial charge on any atom is 0.224 e. The molecule has 0 aliphatic carbocycles. The Hall–Kier alpha value is -2.89. The van der Waals surface area contributed by atoms with Crippen LogP contribution in [0.3, 0.4) is 0 Å². The third kappa shape index (κ3) is 4.35. The Kier molecular flexibility index (Phi) is 5.28. The molecular weight excluding hydrogens is 316 g/mol. The summed E-state index contributed by atoms with van der Waals surface area (Å²) in [5.41, 5.74) is 0.998. The lowest BCUT2D eigenvalue weighted by Gasteiger charge is -2.14. The van der Waals surface area contributed by atoms with Gasteiger partial charge < -0.3 is 10.1 Å². The van der Waals surface area contributed by atoms with E-state index < -0.39 is 0 Å². The van der Waals surface area contributed by atoms with Gasteiger partial charge in [0.2, 0.25) is 5.91 Å². The second-order valence-electron chi connectivity index (χ2n) is 6.10. The lowest BCUT2D eigenvalue weighted by molar-refractivity contribution is -0.121. The monoisotopic (exact) mass is 338 g/mol. The number of rotatable bonds is 7. The molecule has 6 nitrogen and oxygen atoms in total. The molecule has 25 heavy (non-hydrogen) atoms. The number of ether oxygens (including phenoxy) is 1. The topological polar surface area (TPSA) is 69.0 Å². The van der Waals surface area contributed by atoms with Gasteiger partial charge in [0, 0.05) is 12.6 Å². The number of amides is 1. The Bertz CT molecular complexity index is 846. The average molecular weight is 338 g/mol. The molecule has 2 aromatic carbocycles. The number of carbonyl (C=O) groups excluding carboxylic acids is 1. The average Bonchev–Trinajstić information content (AvgIpc) is 3.13. The SMILES string of the molecule is COc1ccc2cccc(CC(=O)N[C@H](C)CCn3cncn3)c2c1. The Labute approximate surface area is 146 Å². The second kappa shape index (κ2) is 7.79. The minimum Gasteiger partial charge on any atom is -0.497 e. The quantitative estimate of drug-likeness (QED) is 0.719. The number of carbonyl (C=O) groups is 1. The van der Waals surface area contributed by atoms with Gasteiger partial charge in [-0.1, -0.05) is 24.3 Å². The number of hydrogen-bond donors (Lipinski definition) is 1. The van der Waals surface area contributed by atoms with E-state index in [1.807, 2.05) is 43.3 Å². The summed E-state index contributed by atoms with van der Waals surface area (Å²) in [6.07, 6.45) is 4.34. The van der Waals surface area contributed by atoms with Gasteiger partial charge in [-0.3, -0.25) is 9.48 Å². The number of hydrogen-bond acceptors (Lipinski definition) is 4. The number of fused-ring (bicyclic) bond motifs is 1. The van der Waals surface area contributed by atoms with Crippen LogP contribution in [-0.4, -0.2) is 33.8 Å². The molecule has 0 radical (unpaired) electrons. The van der Waals surface area contributed by atoms with E-state index in [2.05, 4.69) is 15.4 Å². The van der Waals surface area contributed by atoms with Crippen molar-refractivity contribution in [3.05, 3.63) is 54.6 Å². The van der Waals surface area contributed by atoms with Crippen molar-refractivity contribution in [1.82, 2.24) is 20.1 Å². The largest absolute Gasteiger partial charge is 0.497 e. The fourth-order valence-corrected chi connectivity index (χ4v) is 2.84. The summed E-state index contributed by atoms with van der Waals surface area (Å²) < 4.78 is 7.06. The lowest BCUT2D eigenvalue weighted by Crippen LogP contribution is -2.34. The van der Waals surface area contributed by atoms with Crippen LogP contribution in [0.15, 0.2) is 49.1 Å². The van der Waals surface area contributed by atoms with Gasteiger partial charge in [-0.2, -0.15) is 5.10 Å². The molecule has 3 aromatic rings. The fourth-order valence-electron chi connectivity index (χ4n) is 2.84. The summed E-state index contributed by atoms with van der Waals surface area (Å²) in [6, 6.07) is 12.0. The maximum atomic E-state index is 12.4. The fraction of sp³-hybridized carbons (Fsp3) is 0.316. The normalized spacial score (nSPS) is 12.1. The Balaban J connectivity index is 1.63. The van der Waals surface area contributed by atoms with Gasteiger partial charge in [0.15, 0.2) is 0 Å². The van der Waals surface area contributed by atoms with Crippen molar-refractivity contribution in [2.45, 2.75) is 32.4 Å². The number of aryl methyl sites for hydroxylation is 1. The predicted molar refractivity (Wildman–Crippen MR) is 96.4 cm³/mol. The molecule has 1 atom stereocenters. The van der Waals surface area contributed by atoms with Crippen LogP contribution in [-0.2, 0) is 17.8 Å². The summed E-state index contributed by atoms with van der Waals surface area (Å²) in [7, 11) is 1.65. The first-order valence-corrected chi connectivity index (χ1v) is 8.33. The van der Waals surface area contributed by atoms with Gasteiger partial charge in [0.1, 0.15) is 18.4 Å². The van der Waals surface area contributed by atoms with Gasteiger partial charge in [-0.15, -0.1) is 0 Å². The molecule has 1 N–H and O–H groups in total. The van der Waals surface area contributed by atoms with Crippen LogP contribution in [0.4, 0.5) is 0 Å². The van der Waals surface area contributed by atoms with Crippen molar-refractivity contribution < 1.29 is 9.53 Å². The molecule has 0 unspecified atom stereocenters. The molecule has 0 fully saturated rings. The minimum absolute atomic E-state index is 0.0152. The minimum atomic E-state index is 0.0152. The summed E-state index contributed by atoms with van der Waals surface area (Å²) >= 11 is 0. The zero-order valence-corrected chi connectivity index (χ0v) is 14.5. The molecule has 0 spiro atoms. The summed E-state index contributed by atoms with van der Waals surface area (Å²) in [4.78, 5) is 16.3. The van der Waals surface area contributed by atoms with E-state index in [4.69, 9.17) is 4.74 Å². The molecule has 1 aromatic heterocycles. The molecule has 1 heterocycles. The number of aromatic nitrogens is 3. The molecule has 0 saturated carbocycles. The van der Waals surface area contributed by atoms with Gasteiger partial charge in [-0.05, 0) is 41.8 Å². The third-order valence-corrected chi connectivity index (χ3v) is 4.20. The van der Waals surface area contributed by atoms with E-state index in [9.17, 15) is 4.79 Å². The van der Waals surface area contributed by atoms with Crippen molar-refractivity contribution in [2.24, 2.45) is 0 Å². The summed E-state index contributed by atoms with van der Waals surface area (Å²) in [5, 5.41) is 9.27. The van der Waals surface area contributed by atoms with Crippen LogP contribution in [0.5, 0.6) is 5.75 Å². The summed E-state index contributed by atoms with van der Waals surface area (Å²) in [6.45, 7) is 2.73. The van der Waals surface area contributed by atoms with Crippen LogP contribution in [0.2, 0.25) is 0 Å². The highest BCUT2D eigenvalue weighted by Gasteiger charge is 2.11. The number of benzene rings is 2. The summed E-state index contributed by atoms with van der Waals surface area (Å²) in [5.74, 6) is 0.808.